The van der Waals surface area contributed by atoms with Crippen LogP contribution in [0, 0.1) is 0 Å². The number of morpholine rings is 1. The van der Waals surface area contributed by atoms with Crippen molar-refractivity contribution in [2.75, 3.05) is 32.8 Å². The minimum absolute atomic E-state index is 0.206. The molecule has 0 atom stereocenters. The molecule has 1 aromatic carbocycles. The minimum atomic E-state index is 0.206. The summed E-state index contributed by atoms with van der Waals surface area (Å²) in [6.07, 6.45) is 0.926. The summed E-state index contributed by atoms with van der Waals surface area (Å²) >= 11 is 0. The fraction of sp³-hybridized carbons (Fsp3) is 0.588. The number of ether oxygens (including phenoxy) is 1. The Bertz CT molecular complexity index is 468. The lowest BCUT2D eigenvalue weighted by molar-refractivity contribution is 0.0674. The summed E-state index contributed by atoms with van der Waals surface area (Å²) in [6, 6.07) is 8.82. The van der Waals surface area contributed by atoms with Crippen LogP contribution in [-0.4, -0.2) is 43.7 Å². The maximum Gasteiger partial charge on any atom is 0.191 e. The fourth-order valence-corrected chi connectivity index (χ4v) is 2.36. The monoisotopic (exact) mass is 289 g/mol. The second-order valence-electron chi connectivity index (χ2n) is 6.54. The van der Waals surface area contributed by atoms with Crippen molar-refractivity contribution in [1.29, 1.82) is 0 Å². The molecule has 0 amide bonds. The topological polar surface area (TPSA) is 50.8 Å². The number of benzene rings is 1. The summed E-state index contributed by atoms with van der Waals surface area (Å²) in [4.78, 5) is 6.57. The number of nitrogens with zero attached hydrogens (tertiary/aromatic N) is 2. The van der Waals surface area contributed by atoms with Crippen LogP contribution in [0.3, 0.4) is 0 Å². The summed E-state index contributed by atoms with van der Waals surface area (Å²) in [5.41, 5.74) is 8.89. The van der Waals surface area contributed by atoms with Gasteiger partial charge in [0.15, 0.2) is 5.96 Å². The van der Waals surface area contributed by atoms with Gasteiger partial charge in [-0.1, -0.05) is 45.0 Å². The number of aliphatic imine (C=N–C) groups is 1. The predicted octanol–water partition coefficient (Wildman–Crippen LogP) is 2.17. The van der Waals surface area contributed by atoms with Gasteiger partial charge < -0.3 is 15.4 Å². The molecule has 116 valence electrons. The maximum absolute atomic E-state index is 6.01. The Hall–Kier alpha value is -1.55. The van der Waals surface area contributed by atoms with Crippen LogP contribution in [0.1, 0.15) is 31.9 Å². The third-order valence-corrected chi connectivity index (χ3v) is 3.83. The van der Waals surface area contributed by atoms with E-state index in [1.54, 1.807) is 0 Å². The molecule has 1 aromatic rings. The Morgan fingerprint density at radius 2 is 1.81 bits per heavy atom. The highest BCUT2D eigenvalue weighted by molar-refractivity contribution is 5.78. The first-order valence-electron chi connectivity index (χ1n) is 7.69. The van der Waals surface area contributed by atoms with Gasteiger partial charge in [0, 0.05) is 19.6 Å². The molecule has 1 fully saturated rings. The van der Waals surface area contributed by atoms with Gasteiger partial charge in [0.1, 0.15) is 0 Å². The van der Waals surface area contributed by atoms with E-state index >= 15 is 0 Å². The third-order valence-electron chi connectivity index (χ3n) is 3.83. The van der Waals surface area contributed by atoms with E-state index in [4.69, 9.17) is 10.5 Å². The molecule has 0 aliphatic carbocycles. The summed E-state index contributed by atoms with van der Waals surface area (Å²) in [5, 5.41) is 0. The third kappa shape index (κ3) is 4.74. The quantitative estimate of drug-likeness (QED) is 0.685. The highest BCUT2D eigenvalue weighted by Gasteiger charge is 2.13. The fourth-order valence-electron chi connectivity index (χ4n) is 2.36. The first-order chi connectivity index (χ1) is 9.97. The summed E-state index contributed by atoms with van der Waals surface area (Å²) in [5.74, 6) is 0.643. The molecule has 0 unspecified atom stereocenters. The average Bonchev–Trinajstić information content (AvgIpc) is 2.47. The number of hydrogen-bond acceptors (Lipinski definition) is 2. The SMILES string of the molecule is CC(C)(C)c1ccc(CCN=C(N)N2CCOCC2)cc1. The molecule has 1 aliphatic heterocycles. The van der Waals surface area contributed by atoms with E-state index in [-0.39, 0.29) is 5.41 Å². The molecule has 1 heterocycles. The number of rotatable bonds is 3. The van der Waals surface area contributed by atoms with Crippen LogP contribution >= 0.6 is 0 Å². The van der Waals surface area contributed by atoms with E-state index < -0.39 is 0 Å². The molecule has 0 aromatic heterocycles. The van der Waals surface area contributed by atoms with Gasteiger partial charge in [-0.05, 0) is 23.0 Å². The second-order valence-corrected chi connectivity index (χ2v) is 6.54. The van der Waals surface area contributed by atoms with Gasteiger partial charge in [0.2, 0.25) is 0 Å². The first-order valence-corrected chi connectivity index (χ1v) is 7.69. The molecule has 0 radical (unpaired) electrons. The van der Waals surface area contributed by atoms with E-state index in [1.165, 1.54) is 11.1 Å². The van der Waals surface area contributed by atoms with Crippen LogP contribution in [0.4, 0.5) is 0 Å². The molecule has 1 aliphatic rings. The largest absolute Gasteiger partial charge is 0.378 e. The molecule has 2 N–H and O–H groups in total. The van der Waals surface area contributed by atoms with Crippen LogP contribution in [-0.2, 0) is 16.6 Å². The zero-order valence-electron chi connectivity index (χ0n) is 13.4. The Labute approximate surface area is 128 Å². The lowest BCUT2D eigenvalue weighted by atomic mass is 9.86. The summed E-state index contributed by atoms with van der Waals surface area (Å²) in [7, 11) is 0. The first kappa shape index (κ1) is 15.8. The average molecular weight is 289 g/mol. The Kier molecular flexibility index (Phi) is 5.23. The molecule has 0 spiro atoms. The van der Waals surface area contributed by atoms with Crippen molar-refractivity contribution in [2.24, 2.45) is 10.7 Å². The Morgan fingerprint density at radius 1 is 1.19 bits per heavy atom. The summed E-state index contributed by atoms with van der Waals surface area (Å²) < 4.78 is 5.31. The van der Waals surface area contributed by atoms with Gasteiger partial charge in [0.05, 0.1) is 13.2 Å². The molecular formula is C17H27N3O. The van der Waals surface area contributed by atoms with Gasteiger partial charge in [-0.3, -0.25) is 4.99 Å². The standard InChI is InChI=1S/C17H27N3O/c1-17(2,3)15-6-4-14(5-7-15)8-9-19-16(18)20-10-12-21-13-11-20/h4-7H,8-13H2,1-3H3,(H2,18,19). The van der Waals surface area contributed by atoms with E-state index in [2.05, 4.69) is 54.9 Å². The number of guanidine groups is 1. The molecule has 4 heteroatoms. The van der Waals surface area contributed by atoms with Crippen molar-refractivity contribution in [3.63, 3.8) is 0 Å². The smallest absolute Gasteiger partial charge is 0.191 e. The molecular weight excluding hydrogens is 262 g/mol. The van der Waals surface area contributed by atoms with Crippen LogP contribution in [0.15, 0.2) is 29.3 Å². The van der Waals surface area contributed by atoms with E-state index in [1.807, 2.05) is 0 Å². The molecule has 0 saturated carbocycles. The van der Waals surface area contributed by atoms with Gasteiger partial charge in [-0.2, -0.15) is 0 Å². The highest BCUT2D eigenvalue weighted by atomic mass is 16.5. The van der Waals surface area contributed by atoms with Crippen molar-refractivity contribution in [3.05, 3.63) is 35.4 Å². The van der Waals surface area contributed by atoms with Crippen molar-refractivity contribution < 1.29 is 4.74 Å². The highest BCUT2D eigenvalue weighted by Crippen LogP contribution is 2.22. The molecule has 1 saturated heterocycles. The molecule has 21 heavy (non-hydrogen) atoms. The van der Waals surface area contributed by atoms with E-state index in [0.29, 0.717) is 5.96 Å². The zero-order valence-corrected chi connectivity index (χ0v) is 13.4. The van der Waals surface area contributed by atoms with Crippen molar-refractivity contribution in [2.45, 2.75) is 32.6 Å². The lowest BCUT2D eigenvalue weighted by Crippen LogP contribution is -2.44. The lowest BCUT2D eigenvalue weighted by Gasteiger charge is -2.27. The van der Waals surface area contributed by atoms with Gasteiger partial charge in [-0.15, -0.1) is 0 Å². The molecule has 2 rings (SSSR count). The summed E-state index contributed by atoms with van der Waals surface area (Å²) in [6.45, 7) is 10.6. The van der Waals surface area contributed by atoms with Gasteiger partial charge >= 0.3 is 0 Å². The maximum atomic E-state index is 6.01. The molecule has 4 nitrogen and oxygen atoms in total. The van der Waals surface area contributed by atoms with E-state index in [0.717, 1.165) is 39.3 Å². The normalized spacial score (nSPS) is 17.1. The Morgan fingerprint density at radius 3 is 2.38 bits per heavy atom. The van der Waals surface area contributed by atoms with Crippen LogP contribution in [0.5, 0.6) is 0 Å². The van der Waals surface area contributed by atoms with Crippen molar-refractivity contribution >= 4 is 5.96 Å². The van der Waals surface area contributed by atoms with Crippen molar-refractivity contribution in [3.8, 4) is 0 Å². The zero-order chi connectivity index (χ0) is 15.3. The van der Waals surface area contributed by atoms with Crippen LogP contribution in [0.25, 0.3) is 0 Å². The van der Waals surface area contributed by atoms with Crippen molar-refractivity contribution in [1.82, 2.24) is 4.90 Å². The number of hydrogen-bond donors (Lipinski definition) is 1. The van der Waals surface area contributed by atoms with Gasteiger partial charge in [-0.25, -0.2) is 0 Å². The van der Waals surface area contributed by atoms with E-state index in [9.17, 15) is 0 Å². The minimum Gasteiger partial charge on any atom is -0.378 e. The Balaban J connectivity index is 1.85. The predicted molar refractivity (Wildman–Crippen MR) is 87.7 cm³/mol. The van der Waals surface area contributed by atoms with Crippen LogP contribution in [0.2, 0.25) is 0 Å². The van der Waals surface area contributed by atoms with Gasteiger partial charge in [0.25, 0.3) is 0 Å². The second kappa shape index (κ2) is 6.94. The molecule has 0 bridgehead atoms. The van der Waals surface area contributed by atoms with Crippen LogP contribution < -0.4 is 5.73 Å². The number of nitrogens with two attached hydrogens (primary N) is 1.